The number of anilines is 1. The summed E-state index contributed by atoms with van der Waals surface area (Å²) in [6.07, 6.45) is 5.89. The van der Waals surface area contributed by atoms with Crippen LogP contribution in [0.3, 0.4) is 0 Å². The monoisotopic (exact) mass is 628 g/mol. The number of aryl methyl sites for hydroxylation is 1. The number of hydrogen-bond acceptors (Lipinski definition) is 6. The predicted octanol–water partition coefficient (Wildman–Crippen LogP) is 4.07. The lowest BCUT2D eigenvalue weighted by Crippen LogP contribution is -2.45. The van der Waals surface area contributed by atoms with Crippen molar-refractivity contribution < 1.29 is 22.8 Å². The number of benzene rings is 2. The van der Waals surface area contributed by atoms with Crippen LogP contribution in [0.15, 0.2) is 53.4 Å². The van der Waals surface area contributed by atoms with Crippen molar-refractivity contribution in [3.8, 4) is 0 Å². The molecule has 0 unspecified atom stereocenters. The Labute approximate surface area is 259 Å². The van der Waals surface area contributed by atoms with Crippen LogP contribution in [0.25, 0.3) is 6.08 Å². The Bertz CT molecular complexity index is 1440. The summed E-state index contributed by atoms with van der Waals surface area (Å²) in [6.45, 7) is 7.27. The number of amides is 3. The first kappa shape index (κ1) is 32.7. The van der Waals surface area contributed by atoms with Crippen LogP contribution in [-0.4, -0.2) is 80.5 Å². The fourth-order valence-electron chi connectivity index (χ4n) is 5.81. The number of rotatable bonds is 10. The van der Waals surface area contributed by atoms with Crippen LogP contribution in [0.5, 0.6) is 0 Å². The maximum absolute atomic E-state index is 13.7. The standard InChI is InChI=1S/C32H41ClN4O5S/c1-23-4-8-27(22-30(23)33)37(32(40)26-12-20-36(21-13-26)24(2)38)17-3-16-35-18-14-29(15-19-35)43(41,42)28-9-5-25(6-10-28)7-11-31(34)39/h4-11,22,26,29H,3,12-21H2,1-2H3,(H2,34,39)/b11-7+. The normalized spacial score (nSPS) is 17.3. The number of likely N-dealkylation sites (tertiary alicyclic amines) is 2. The Morgan fingerprint density at radius 3 is 2.23 bits per heavy atom. The van der Waals surface area contributed by atoms with E-state index in [0.717, 1.165) is 24.2 Å². The van der Waals surface area contributed by atoms with Gasteiger partial charge in [-0.05, 0) is 100 Å². The van der Waals surface area contributed by atoms with Gasteiger partial charge in [-0.15, -0.1) is 0 Å². The molecule has 11 heteroatoms. The molecule has 43 heavy (non-hydrogen) atoms. The summed E-state index contributed by atoms with van der Waals surface area (Å²) >= 11 is 6.43. The number of carbonyl (C=O) groups is 3. The summed E-state index contributed by atoms with van der Waals surface area (Å²) < 4.78 is 26.6. The molecule has 3 amide bonds. The van der Waals surface area contributed by atoms with Gasteiger partial charge in [0.1, 0.15) is 0 Å². The molecule has 2 aromatic rings. The third kappa shape index (κ3) is 8.46. The van der Waals surface area contributed by atoms with Gasteiger partial charge in [0.15, 0.2) is 9.84 Å². The predicted molar refractivity (Wildman–Crippen MR) is 169 cm³/mol. The summed E-state index contributed by atoms with van der Waals surface area (Å²) in [5, 5.41) is 0.158. The highest BCUT2D eigenvalue weighted by Crippen LogP contribution is 2.29. The van der Waals surface area contributed by atoms with E-state index in [9.17, 15) is 22.8 Å². The molecular formula is C32H41ClN4O5S. The number of hydrogen-bond donors (Lipinski definition) is 1. The highest BCUT2D eigenvalue weighted by atomic mass is 35.5. The van der Waals surface area contributed by atoms with Crippen molar-refractivity contribution in [2.24, 2.45) is 11.7 Å². The Morgan fingerprint density at radius 1 is 1.00 bits per heavy atom. The SMILES string of the molecule is CC(=O)N1CCC(C(=O)N(CCCN2CCC(S(=O)(=O)c3ccc(/C=C/C(N)=O)cc3)CC2)c2ccc(C)c(Cl)c2)CC1. The van der Waals surface area contributed by atoms with Gasteiger partial charge < -0.3 is 20.4 Å². The molecule has 2 aromatic carbocycles. The molecule has 2 N–H and O–H groups in total. The molecule has 0 saturated carbocycles. The van der Waals surface area contributed by atoms with Crippen LogP contribution >= 0.6 is 11.6 Å². The van der Waals surface area contributed by atoms with Gasteiger partial charge >= 0.3 is 0 Å². The van der Waals surface area contributed by atoms with Gasteiger partial charge in [0, 0.05) is 49.3 Å². The molecule has 0 aliphatic carbocycles. The molecule has 0 radical (unpaired) electrons. The number of primary amides is 1. The lowest BCUT2D eigenvalue weighted by atomic mass is 9.94. The van der Waals surface area contributed by atoms with E-state index < -0.39 is 21.0 Å². The van der Waals surface area contributed by atoms with E-state index >= 15 is 0 Å². The van der Waals surface area contributed by atoms with Crippen LogP contribution in [0.4, 0.5) is 5.69 Å². The molecule has 4 rings (SSSR count). The van der Waals surface area contributed by atoms with Crippen LogP contribution in [-0.2, 0) is 24.2 Å². The van der Waals surface area contributed by atoms with Crippen molar-refractivity contribution in [2.75, 3.05) is 44.2 Å². The molecule has 2 saturated heterocycles. The number of sulfone groups is 1. The van der Waals surface area contributed by atoms with Gasteiger partial charge in [0.2, 0.25) is 17.7 Å². The van der Waals surface area contributed by atoms with Crippen LogP contribution in [0.2, 0.25) is 5.02 Å². The van der Waals surface area contributed by atoms with E-state index in [0.29, 0.717) is 69.0 Å². The zero-order valence-electron chi connectivity index (χ0n) is 24.9. The summed E-state index contributed by atoms with van der Waals surface area (Å²) in [7, 11) is -3.48. The fraction of sp³-hybridized carbons (Fsp3) is 0.469. The quantitative estimate of drug-likeness (QED) is 0.396. The molecule has 2 aliphatic rings. The molecular weight excluding hydrogens is 588 g/mol. The average Bonchev–Trinajstić information content (AvgIpc) is 3.00. The third-order valence-corrected chi connectivity index (χ3v) is 11.2. The van der Waals surface area contributed by atoms with Crippen molar-refractivity contribution in [1.29, 1.82) is 0 Å². The van der Waals surface area contributed by atoms with Crippen molar-refractivity contribution >= 4 is 50.9 Å². The van der Waals surface area contributed by atoms with Crippen molar-refractivity contribution in [1.82, 2.24) is 9.80 Å². The van der Waals surface area contributed by atoms with Crippen molar-refractivity contribution in [2.45, 2.75) is 56.1 Å². The van der Waals surface area contributed by atoms with Gasteiger partial charge in [-0.1, -0.05) is 29.8 Å². The molecule has 0 spiro atoms. The Kier molecular flexibility index (Phi) is 11.0. The maximum Gasteiger partial charge on any atom is 0.241 e. The topological polar surface area (TPSA) is 121 Å². The van der Waals surface area contributed by atoms with Crippen LogP contribution in [0, 0.1) is 12.8 Å². The zero-order valence-corrected chi connectivity index (χ0v) is 26.4. The minimum absolute atomic E-state index is 0.0389. The molecule has 0 aromatic heterocycles. The Morgan fingerprint density at radius 2 is 1.65 bits per heavy atom. The number of nitrogens with two attached hydrogens (primary N) is 1. The molecule has 232 valence electrons. The number of piperidine rings is 2. The largest absolute Gasteiger partial charge is 0.366 e. The number of carbonyl (C=O) groups excluding carboxylic acids is 3. The second-order valence-corrected chi connectivity index (χ2v) is 14.1. The molecule has 0 atom stereocenters. The fourth-order valence-corrected chi connectivity index (χ4v) is 7.72. The first-order valence-electron chi connectivity index (χ1n) is 14.8. The maximum atomic E-state index is 13.7. The van der Waals surface area contributed by atoms with Gasteiger partial charge in [0.25, 0.3) is 0 Å². The average molecular weight is 629 g/mol. The highest BCUT2D eigenvalue weighted by molar-refractivity contribution is 7.92. The lowest BCUT2D eigenvalue weighted by molar-refractivity contribution is -0.133. The number of nitrogens with zero attached hydrogens (tertiary/aromatic N) is 3. The zero-order chi connectivity index (χ0) is 31.1. The van der Waals surface area contributed by atoms with E-state index in [1.54, 1.807) is 42.2 Å². The molecule has 2 heterocycles. The molecule has 0 bridgehead atoms. The van der Waals surface area contributed by atoms with Crippen LogP contribution in [0.1, 0.15) is 50.2 Å². The van der Waals surface area contributed by atoms with Crippen molar-refractivity contribution in [3.63, 3.8) is 0 Å². The van der Waals surface area contributed by atoms with E-state index in [1.807, 2.05) is 30.0 Å². The Balaban J connectivity index is 1.33. The van der Waals surface area contributed by atoms with Gasteiger partial charge in [-0.25, -0.2) is 8.42 Å². The van der Waals surface area contributed by atoms with E-state index in [-0.39, 0.29) is 22.6 Å². The van der Waals surface area contributed by atoms with E-state index in [4.69, 9.17) is 17.3 Å². The molecule has 2 fully saturated rings. The third-order valence-electron chi connectivity index (χ3n) is 8.50. The minimum atomic E-state index is -3.48. The smallest absolute Gasteiger partial charge is 0.241 e. The van der Waals surface area contributed by atoms with Crippen molar-refractivity contribution in [3.05, 3.63) is 64.7 Å². The number of halogens is 1. The summed E-state index contributed by atoms with van der Waals surface area (Å²) in [5.41, 5.74) is 7.55. The summed E-state index contributed by atoms with van der Waals surface area (Å²) in [4.78, 5) is 42.6. The van der Waals surface area contributed by atoms with Gasteiger partial charge in [-0.3, -0.25) is 14.4 Å². The summed E-state index contributed by atoms with van der Waals surface area (Å²) in [6, 6.07) is 12.2. The Hall–Kier alpha value is -3.21. The first-order chi connectivity index (χ1) is 20.5. The molecule has 9 nitrogen and oxygen atoms in total. The minimum Gasteiger partial charge on any atom is -0.366 e. The van der Waals surface area contributed by atoms with Crippen LogP contribution < -0.4 is 10.6 Å². The van der Waals surface area contributed by atoms with Gasteiger partial charge in [0.05, 0.1) is 10.1 Å². The highest BCUT2D eigenvalue weighted by Gasteiger charge is 2.32. The second kappa shape index (κ2) is 14.5. The molecule has 2 aliphatic heterocycles. The second-order valence-electron chi connectivity index (χ2n) is 11.4. The van der Waals surface area contributed by atoms with E-state index in [2.05, 4.69) is 4.90 Å². The summed E-state index contributed by atoms with van der Waals surface area (Å²) in [5.74, 6) is -0.611. The van der Waals surface area contributed by atoms with Gasteiger partial charge in [-0.2, -0.15) is 0 Å². The lowest BCUT2D eigenvalue weighted by Gasteiger charge is -2.35. The first-order valence-corrected chi connectivity index (χ1v) is 16.7. The van der Waals surface area contributed by atoms with E-state index in [1.165, 1.54) is 6.08 Å².